The summed E-state index contributed by atoms with van der Waals surface area (Å²) < 4.78 is 11.4. The van der Waals surface area contributed by atoms with E-state index in [0.717, 1.165) is 27.7 Å². The quantitative estimate of drug-likeness (QED) is 0.441. The van der Waals surface area contributed by atoms with Gasteiger partial charge in [-0.3, -0.25) is 10.1 Å². The lowest BCUT2D eigenvalue weighted by molar-refractivity contribution is -0.111. The van der Waals surface area contributed by atoms with E-state index in [1.54, 1.807) is 26.4 Å². The molecule has 1 amide bonds. The van der Waals surface area contributed by atoms with Gasteiger partial charge in [-0.1, -0.05) is 31.2 Å². The Morgan fingerprint density at radius 2 is 1.97 bits per heavy atom. The molecule has 0 bridgehead atoms. The van der Waals surface area contributed by atoms with Gasteiger partial charge in [0, 0.05) is 17.0 Å². The Morgan fingerprint density at radius 3 is 2.62 bits per heavy atom. The Balaban J connectivity index is 1.68. The summed E-state index contributed by atoms with van der Waals surface area (Å²) in [7, 11) is 3.15. The second-order valence-corrected chi connectivity index (χ2v) is 7.86. The van der Waals surface area contributed by atoms with Gasteiger partial charge in [0.15, 0.2) is 16.6 Å². The zero-order valence-corrected chi connectivity index (χ0v) is 18.8. The fraction of sp³-hybridized carbons (Fsp3) is 0.182. The molecule has 1 N–H and O–H groups in total. The number of hydrogen-bond donors (Lipinski definition) is 1. The smallest absolute Gasteiger partial charge is 0.250 e. The van der Waals surface area contributed by atoms with E-state index < -0.39 is 0 Å². The van der Waals surface area contributed by atoms with Crippen LogP contribution < -0.4 is 14.8 Å². The third-order valence-corrected chi connectivity index (χ3v) is 5.62. The van der Waals surface area contributed by atoms with Crippen molar-refractivity contribution in [1.29, 1.82) is 0 Å². The number of aromatic nitrogens is 1. The van der Waals surface area contributed by atoms with E-state index in [1.165, 1.54) is 23.0 Å². The number of rotatable bonds is 7. The van der Waals surface area contributed by atoms with Gasteiger partial charge >= 0.3 is 0 Å². The topological polar surface area (TPSA) is 60.5 Å². The van der Waals surface area contributed by atoms with Crippen molar-refractivity contribution in [3.05, 3.63) is 63.5 Å². The van der Waals surface area contributed by atoms with E-state index in [9.17, 15) is 4.79 Å². The maximum Gasteiger partial charge on any atom is 0.250 e. The summed E-state index contributed by atoms with van der Waals surface area (Å²) in [5.74, 6) is 0.940. The van der Waals surface area contributed by atoms with Gasteiger partial charge < -0.3 is 9.47 Å². The van der Waals surface area contributed by atoms with Crippen LogP contribution in [0.15, 0.2) is 52.3 Å². The molecule has 0 atom stereocenters. The summed E-state index contributed by atoms with van der Waals surface area (Å²) in [4.78, 5) is 16.8. The maximum absolute atomic E-state index is 12.3. The number of carbonyl (C=O) groups is 1. The predicted molar refractivity (Wildman–Crippen MR) is 122 cm³/mol. The van der Waals surface area contributed by atoms with Crippen molar-refractivity contribution in [3.8, 4) is 22.8 Å². The summed E-state index contributed by atoms with van der Waals surface area (Å²) in [5.41, 5.74) is 3.97. The van der Waals surface area contributed by atoms with Crippen molar-refractivity contribution < 1.29 is 14.3 Å². The second-order valence-electron chi connectivity index (χ2n) is 6.15. The van der Waals surface area contributed by atoms with Crippen molar-refractivity contribution in [2.45, 2.75) is 13.3 Å². The first-order chi connectivity index (χ1) is 14.0. The molecule has 29 heavy (non-hydrogen) atoms. The number of ether oxygens (including phenoxy) is 2. The van der Waals surface area contributed by atoms with E-state index >= 15 is 0 Å². The molecule has 0 aliphatic heterocycles. The molecule has 0 aliphatic rings. The Labute approximate surface area is 182 Å². The largest absolute Gasteiger partial charge is 0.493 e. The minimum Gasteiger partial charge on any atom is -0.493 e. The fourth-order valence-corrected chi connectivity index (χ4v) is 4.07. The van der Waals surface area contributed by atoms with E-state index in [1.807, 2.05) is 23.6 Å². The molecule has 0 radical (unpaired) electrons. The molecule has 0 aliphatic carbocycles. The van der Waals surface area contributed by atoms with Crippen LogP contribution in [0, 0.1) is 0 Å². The summed E-state index contributed by atoms with van der Waals surface area (Å²) in [6.45, 7) is 2.12. The van der Waals surface area contributed by atoms with Crippen molar-refractivity contribution in [1.82, 2.24) is 4.98 Å². The van der Waals surface area contributed by atoms with Crippen LogP contribution in [0.5, 0.6) is 11.5 Å². The molecule has 0 fully saturated rings. The van der Waals surface area contributed by atoms with Crippen molar-refractivity contribution in [2.24, 2.45) is 0 Å². The highest BCUT2D eigenvalue weighted by molar-refractivity contribution is 9.10. The normalized spacial score (nSPS) is 10.9. The van der Waals surface area contributed by atoms with E-state index in [-0.39, 0.29) is 5.91 Å². The van der Waals surface area contributed by atoms with Crippen LogP contribution in [0.3, 0.4) is 0 Å². The molecular weight excluding hydrogens is 452 g/mol. The first-order valence-electron chi connectivity index (χ1n) is 8.99. The van der Waals surface area contributed by atoms with Gasteiger partial charge in [0.2, 0.25) is 5.91 Å². The number of carbonyl (C=O) groups excluding carboxylic acids is 1. The monoisotopic (exact) mass is 472 g/mol. The van der Waals surface area contributed by atoms with Crippen LogP contribution >= 0.6 is 27.3 Å². The number of benzene rings is 2. The molecule has 2 aromatic carbocycles. The first kappa shape index (κ1) is 21.1. The Kier molecular flexibility index (Phi) is 7.06. The zero-order chi connectivity index (χ0) is 20.8. The molecule has 3 rings (SSSR count). The zero-order valence-electron chi connectivity index (χ0n) is 16.4. The molecule has 5 nitrogen and oxygen atoms in total. The molecule has 0 saturated carbocycles. The molecule has 150 valence electrons. The highest BCUT2D eigenvalue weighted by Gasteiger charge is 2.10. The van der Waals surface area contributed by atoms with Crippen molar-refractivity contribution >= 4 is 44.4 Å². The van der Waals surface area contributed by atoms with Crippen LogP contribution in [-0.4, -0.2) is 25.1 Å². The van der Waals surface area contributed by atoms with E-state index in [0.29, 0.717) is 16.6 Å². The number of halogens is 1. The minimum absolute atomic E-state index is 0.252. The van der Waals surface area contributed by atoms with Gasteiger partial charge in [0.1, 0.15) is 0 Å². The second kappa shape index (κ2) is 9.71. The molecule has 0 unspecified atom stereocenters. The van der Waals surface area contributed by atoms with Crippen LogP contribution in [0.4, 0.5) is 5.13 Å². The molecular formula is C22H21BrN2O3S. The highest BCUT2D eigenvalue weighted by Crippen LogP contribution is 2.36. The summed E-state index contributed by atoms with van der Waals surface area (Å²) in [5, 5.41) is 5.30. The van der Waals surface area contributed by atoms with Gasteiger partial charge in [-0.2, -0.15) is 0 Å². The molecule has 0 saturated heterocycles. The first-order valence-corrected chi connectivity index (χ1v) is 10.7. The Morgan fingerprint density at radius 1 is 1.21 bits per heavy atom. The van der Waals surface area contributed by atoms with Gasteiger partial charge in [0.05, 0.1) is 24.4 Å². The molecule has 1 aromatic heterocycles. The number of nitrogens with one attached hydrogen (secondary N) is 1. The summed E-state index contributed by atoms with van der Waals surface area (Å²) in [6, 6.07) is 11.9. The number of anilines is 1. The van der Waals surface area contributed by atoms with Crippen LogP contribution in [-0.2, 0) is 11.2 Å². The van der Waals surface area contributed by atoms with Crippen LogP contribution in [0.1, 0.15) is 18.1 Å². The third kappa shape index (κ3) is 5.25. The van der Waals surface area contributed by atoms with Gasteiger partial charge in [0.25, 0.3) is 0 Å². The number of nitrogens with zero attached hydrogens (tertiary/aromatic N) is 1. The highest BCUT2D eigenvalue weighted by atomic mass is 79.9. The number of hydrogen-bond acceptors (Lipinski definition) is 5. The van der Waals surface area contributed by atoms with Gasteiger partial charge in [-0.05, 0) is 51.7 Å². The van der Waals surface area contributed by atoms with Crippen molar-refractivity contribution in [2.75, 3.05) is 19.5 Å². The Hall–Kier alpha value is -2.64. The average molecular weight is 473 g/mol. The van der Waals surface area contributed by atoms with Crippen LogP contribution in [0.25, 0.3) is 17.3 Å². The Bertz CT molecular complexity index is 1030. The fourth-order valence-electron chi connectivity index (χ4n) is 2.73. The lowest BCUT2D eigenvalue weighted by atomic mass is 10.1. The molecule has 1 heterocycles. The number of thiazole rings is 1. The van der Waals surface area contributed by atoms with Crippen LogP contribution in [0.2, 0.25) is 0 Å². The molecule has 3 aromatic rings. The van der Waals surface area contributed by atoms with Gasteiger partial charge in [-0.25, -0.2) is 4.98 Å². The number of methoxy groups -OCH3 is 2. The van der Waals surface area contributed by atoms with Crippen molar-refractivity contribution in [3.63, 3.8) is 0 Å². The summed E-state index contributed by atoms with van der Waals surface area (Å²) in [6.07, 6.45) is 4.17. The SMILES string of the molecule is CCc1ccc(-c2csc(NC(=O)/C=C/c3cc(Br)c(OC)c(OC)c3)n2)cc1. The van der Waals surface area contributed by atoms with E-state index in [2.05, 4.69) is 45.3 Å². The van der Waals surface area contributed by atoms with E-state index in [4.69, 9.17) is 9.47 Å². The lowest BCUT2D eigenvalue weighted by Crippen LogP contribution is -2.07. The standard InChI is InChI=1S/C22H21BrN2O3S/c1-4-14-5-8-16(9-6-14)18-13-29-22(24-18)25-20(26)10-7-15-11-17(23)21(28-3)19(12-15)27-2/h5-13H,4H2,1-3H3,(H,24,25,26)/b10-7+. The maximum atomic E-state index is 12.3. The number of amides is 1. The number of aryl methyl sites for hydroxylation is 1. The summed E-state index contributed by atoms with van der Waals surface area (Å²) >= 11 is 4.84. The third-order valence-electron chi connectivity index (χ3n) is 4.28. The molecule has 7 heteroatoms. The average Bonchev–Trinajstić information content (AvgIpc) is 3.20. The molecule has 0 spiro atoms. The van der Waals surface area contributed by atoms with Gasteiger partial charge in [-0.15, -0.1) is 11.3 Å². The lowest BCUT2D eigenvalue weighted by Gasteiger charge is -2.10. The minimum atomic E-state index is -0.252. The predicted octanol–water partition coefficient (Wildman–Crippen LogP) is 5.80.